The number of hydrogen-bond acceptors (Lipinski definition) is 5. The Labute approximate surface area is 123 Å². The van der Waals surface area contributed by atoms with Crippen molar-refractivity contribution in [2.75, 3.05) is 10.6 Å². The van der Waals surface area contributed by atoms with Crippen LogP contribution in [0.25, 0.3) is 0 Å². The summed E-state index contributed by atoms with van der Waals surface area (Å²) in [5.41, 5.74) is 0.805. The van der Waals surface area contributed by atoms with Crippen LogP contribution in [0.3, 0.4) is 0 Å². The number of amides is 2. The predicted octanol–water partition coefficient (Wildman–Crippen LogP) is 2.58. The van der Waals surface area contributed by atoms with Gasteiger partial charge >= 0.3 is 0 Å². The topological polar surface area (TPSA) is 71.1 Å². The summed E-state index contributed by atoms with van der Waals surface area (Å²) in [6, 6.07) is 7.57. The lowest BCUT2D eigenvalue weighted by atomic mass is 10.2. The first kappa shape index (κ1) is 13.1. The first-order chi connectivity index (χ1) is 9.72. The summed E-state index contributed by atoms with van der Waals surface area (Å²) in [4.78, 5) is 28.8. The maximum atomic E-state index is 12.0. The molecule has 0 fully saturated rings. The fourth-order valence-corrected chi connectivity index (χ4v) is 3.51. The molecule has 1 aliphatic rings. The van der Waals surface area contributed by atoms with E-state index in [-0.39, 0.29) is 18.2 Å². The van der Waals surface area contributed by atoms with Gasteiger partial charge in [-0.15, -0.1) is 23.1 Å². The molecule has 1 aromatic carbocycles. The standard InChI is InChI=1S/C13H11N3O2S2/c17-11(16-13-14-5-6-19-13)7-10-12(18)15-8-3-1-2-4-9(8)20-10/h1-6,10H,7H2,(H,15,18)(H,14,16,17)/t10-/m1/s1. The first-order valence-corrected chi connectivity index (χ1v) is 7.74. The van der Waals surface area contributed by atoms with Crippen molar-refractivity contribution in [3.8, 4) is 0 Å². The third kappa shape index (κ3) is 2.83. The highest BCUT2D eigenvalue weighted by Crippen LogP contribution is 2.36. The second kappa shape index (κ2) is 5.64. The predicted molar refractivity (Wildman–Crippen MR) is 80.1 cm³/mol. The molecule has 2 heterocycles. The zero-order valence-corrected chi connectivity index (χ0v) is 12.0. The highest BCUT2D eigenvalue weighted by Gasteiger charge is 2.28. The van der Waals surface area contributed by atoms with E-state index in [0.29, 0.717) is 5.13 Å². The molecule has 2 aromatic rings. The number of thiazole rings is 1. The SMILES string of the molecule is O=C(C[C@H]1Sc2ccccc2NC1=O)Nc1nccs1. The van der Waals surface area contributed by atoms with Gasteiger partial charge in [0.2, 0.25) is 11.8 Å². The smallest absolute Gasteiger partial charge is 0.238 e. The minimum Gasteiger partial charge on any atom is -0.324 e. The number of aromatic nitrogens is 1. The van der Waals surface area contributed by atoms with Crippen LogP contribution in [0.15, 0.2) is 40.7 Å². The van der Waals surface area contributed by atoms with Crippen molar-refractivity contribution >= 4 is 45.7 Å². The average molecular weight is 305 g/mol. The lowest BCUT2D eigenvalue weighted by Gasteiger charge is -2.23. The van der Waals surface area contributed by atoms with E-state index in [1.165, 1.54) is 23.1 Å². The summed E-state index contributed by atoms with van der Waals surface area (Å²) in [6.45, 7) is 0. The summed E-state index contributed by atoms with van der Waals surface area (Å²) in [7, 11) is 0. The highest BCUT2D eigenvalue weighted by molar-refractivity contribution is 8.01. The minimum absolute atomic E-state index is 0.129. The summed E-state index contributed by atoms with van der Waals surface area (Å²) >= 11 is 2.77. The zero-order valence-electron chi connectivity index (χ0n) is 10.3. The number of hydrogen-bond donors (Lipinski definition) is 2. The van der Waals surface area contributed by atoms with Crippen LogP contribution in [-0.2, 0) is 9.59 Å². The number of nitrogens with one attached hydrogen (secondary N) is 2. The Kier molecular flexibility index (Phi) is 3.70. The Balaban J connectivity index is 1.66. The molecule has 0 spiro atoms. The van der Waals surface area contributed by atoms with E-state index in [1.807, 2.05) is 24.3 Å². The van der Waals surface area contributed by atoms with Crippen LogP contribution < -0.4 is 10.6 Å². The molecule has 2 amide bonds. The third-order valence-electron chi connectivity index (χ3n) is 2.76. The van der Waals surface area contributed by atoms with Crippen molar-refractivity contribution in [3.05, 3.63) is 35.8 Å². The number of para-hydroxylation sites is 1. The van der Waals surface area contributed by atoms with E-state index in [4.69, 9.17) is 0 Å². The fourth-order valence-electron chi connectivity index (χ4n) is 1.85. The molecule has 5 nitrogen and oxygen atoms in total. The number of nitrogens with zero attached hydrogens (tertiary/aromatic N) is 1. The van der Waals surface area contributed by atoms with Gasteiger partial charge in [0.1, 0.15) is 0 Å². The van der Waals surface area contributed by atoms with E-state index in [0.717, 1.165) is 10.6 Å². The number of fused-ring (bicyclic) bond motifs is 1. The van der Waals surface area contributed by atoms with Gasteiger partial charge in [0, 0.05) is 22.9 Å². The van der Waals surface area contributed by atoms with Gasteiger partial charge in [0.05, 0.1) is 10.9 Å². The number of rotatable bonds is 3. The molecule has 1 atom stereocenters. The summed E-state index contributed by atoms with van der Waals surface area (Å²) in [6.07, 6.45) is 1.75. The van der Waals surface area contributed by atoms with Crippen molar-refractivity contribution in [2.24, 2.45) is 0 Å². The number of carbonyl (C=O) groups excluding carboxylic acids is 2. The second-order valence-electron chi connectivity index (χ2n) is 4.18. The van der Waals surface area contributed by atoms with E-state index in [2.05, 4.69) is 15.6 Å². The normalized spacial score (nSPS) is 17.2. The molecule has 0 unspecified atom stereocenters. The molecular weight excluding hydrogens is 294 g/mol. The fraction of sp³-hybridized carbons (Fsp3) is 0.154. The second-order valence-corrected chi connectivity index (χ2v) is 6.32. The van der Waals surface area contributed by atoms with Crippen molar-refractivity contribution in [1.29, 1.82) is 0 Å². The Hall–Kier alpha value is -1.86. The quantitative estimate of drug-likeness (QED) is 0.914. The van der Waals surface area contributed by atoms with Crippen molar-refractivity contribution in [2.45, 2.75) is 16.6 Å². The Bertz CT molecular complexity index is 643. The van der Waals surface area contributed by atoms with Gasteiger partial charge in [-0.25, -0.2) is 4.98 Å². The molecule has 0 radical (unpaired) electrons. The van der Waals surface area contributed by atoms with Crippen LogP contribution in [0.1, 0.15) is 6.42 Å². The molecule has 2 N–H and O–H groups in total. The molecule has 1 aromatic heterocycles. The molecule has 20 heavy (non-hydrogen) atoms. The van der Waals surface area contributed by atoms with Gasteiger partial charge in [-0.05, 0) is 12.1 Å². The average Bonchev–Trinajstić information content (AvgIpc) is 2.92. The Morgan fingerprint density at radius 3 is 3.05 bits per heavy atom. The maximum Gasteiger partial charge on any atom is 0.238 e. The van der Waals surface area contributed by atoms with E-state index >= 15 is 0 Å². The zero-order chi connectivity index (χ0) is 13.9. The maximum absolute atomic E-state index is 12.0. The van der Waals surface area contributed by atoms with Crippen molar-refractivity contribution < 1.29 is 9.59 Å². The van der Waals surface area contributed by atoms with Crippen LogP contribution in [0.2, 0.25) is 0 Å². The van der Waals surface area contributed by atoms with Crippen LogP contribution in [-0.4, -0.2) is 22.0 Å². The summed E-state index contributed by atoms with van der Waals surface area (Å²) in [5, 5.41) is 7.44. The van der Waals surface area contributed by atoms with Crippen molar-refractivity contribution in [1.82, 2.24) is 4.98 Å². The molecule has 0 saturated heterocycles. The number of anilines is 2. The summed E-state index contributed by atoms with van der Waals surface area (Å²) in [5.74, 6) is -0.338. The van der Waals surface area contributed by atoms with Gasteiger partial charge in [-0.3, -0.25) is 9.59 Å². The minimum atomic E-state index is -0.412. The van der Waals surface area contributed by atoms with Crippen LogP contribution >= 0.6 is 23.1 Å². The molecule has 7 heteroatoms. The molecular formula is C13H11N3O2S2. The van der Waals surface area contributed by atoms with E-state index in [1.54, 1.807) is 11.6 Å². The molecule has 0 aliphatic carbocycles. The molecule has 102 valence electrons. The van der Waals surface area contributed by atoms with Gasteiger partial charge in [0.25, 0.3) is 0 Å². The molecule has 1 aliphatic heterocycles. The first-order valence-electron chi connectivity index (χ1n) is 5.98. The lowest BCUT2D eigenvalue weighted by molar-refractivity contribution is -0.120. The molecule has 0 bridgehead atoms. The largest absolute Gasteiger partial charge is 0.324 e. The van der Waals surface area contributed by atoms with Crippen molar-refractivity contribution in [3.63, 3.8) is 0 Å². The Morgan fingerprint density at radius 1 is 1.40 bits per heavy atom. The van der Waals surface area contributed by atoms with E-state index < -0.39 is 5.25 Å². The number of benzene rings is 1. The van der Waals surface area contributed by atoms with Gasteiger partial charge in [0.15, 0.2) is 5.13 Å². The highest BCUT2D eigenvalue weighted by atomic mass is 32.2. The van der Waals surface area contributed by atoms with Crippen LogP contribution in [0.5, 0.6) is 0 Å². The third-order valence-corrected chi connectivity index (χ3v) is 4.72. The summed E-state index contributed by atoms with van der Waals surface area (Å²) < 4.78 is 0. The number of carbonyl (C=O) groups is 2. The monoisotopic (exact) mass is 305 g/mol. The van der Waals surface area contributed by atoms with Gasteiger partial charge < -0.3 is 10.6 Å². The molecule has 3 rings (SSSR count). The molecule has 0 saturated carbocycles. The lowest BCUT2D eigenvalue weighted by Crippen LogP contribution is -2.32. The Morgan fingerprint density at radius 2 is 2.25 bits per heavy atom. The van der Waals surface area contributed by atoms with Gasteiger partial charge in [-0.2, -0.15) is 0 Å². The number of thioether (sulfide) groups is 1. The van der Waals surface area contributed by atoms with Gasteiger partial charge in [-0.1, -0.05) is 12.1 Å². The van der Waals surface area contributed by atoms with E-state index in [9.17, 15) is 9.59 Å². The van der Waals surface area contributed by atoms with Crippen LogP contribution in [0.4, 0.5) is 10.8 Å². The van der Waals surface area contributed by atoms with Crippen LogP contribution in [0, 0.1) is 0 Å².